The van der Waals surface area contributed by atoms with Crippen molar-refractivity contribution >= 4 is 27.5 Å². The van der Waals surface area contributed by atoms with Crippen molar-refractivity contribution in [1.82, 2.24) is 10.6 Å². The Morgan fingerprint density at radius 2 is 1.86 bits per heavy atom. The van der Waals surface area contributed by atoms with Gasteiger partial charge >= 0.3 is 6.03 Å². The molecule has 3 N–H and O–H groups in total. The maximum atomic E-state index is 12.7. The molecule has 2 aliphatic heterocycles. The average molecular weight is 411 g/mol. The summed E-state index contributed by atoms with van der Waals surface area (Å²) in [4.78, 5) is 24.9. The molecule has 0 radical (unpaired) electrons. The van der Waals surface area contributed by atoms with Crippen molar-refractivity contribution in [3.8, 4) is 11.5 Å². The normalized spacial score (nSPS) is 21.0. The van der Waals surface area contributed by atoms with E-state index in [0.29, 0.717) is 36.8 Å². The maximum absolute atomic E-state index is 12.7. The lowest BCUT2D eigenvalue weighted by Gasteiger charge is -2.23. The highest BCUT2D eigenvalue weighted by Gasteiger charge is 2.31. The van der Waals surface area contributed by atoms with E-state index in [1.54, 1.807) is 18.2 Å². The summed E-state index contributed by atoms with van der Waals surface area (Å²) in [5.74, 6) is 0.620. The van der Waals surface area contributed by atoms with Gasteiger partial charge in [-0.3, -0.25) is 4.79 Å². The van der Waals surface area contributed by atoms with Crippen LogP contribution >= 0.6 is 0 Å². The minimum absolute atomic E-state index is 0.0656. The molecule has 1 fully saturated rings. The minimum Gasteiger partial charge on any atom is -0.486 e. The third-order valence-electron chi connectivity index (χ3n) is 4.61. The third-order valence-corrected chi connectivity index (χ3v) is 6.38. The Hall–Kier alpha value is -2.49. The van der Waals surface area contributed by atoms with Gasteiger partial charge in [-0.25, -0.2) is 13.2 Å². The standard InChI is InChI=1S/C18H25N3O6S/c1-11(2)16(21-18(23)20-13-5-8-28(24,25)10-13)17(22)19-12-3-4-14-15(9-12)27-7-6-26-14/h3-4,9,11,13,16H,5-8,10H2,1-2H3,(H,19,22)(H2,20,21,23)/t13-,16+/m1/s1. The first-order valence-electron chi connectivity index (χ1n) is 9.21. The molecule has 1 aromatic carbocycles. The largest absolute Gasteiger partial charge is 0.486 e. The van der Waals surface area contributed by atoms with E-state index >= 15 is 0 Å². The van der Waals surface area contributed by atoms with Gasteiger partial charge < -0.3 is 25.4 Å². The zero-order chi connectivity index (χ0) is 20.3. The predicted octanol–water partition coefficient (Wildman–Crippen LogP) is 0.907. The summed E-state index contributed by atoms with van der Waals surface area (Å²) < 4.78 is 34.0. The number of urea groups is 1. The number of benzene rings is 1. The number of rotatable bonds is 5. The first-order chi connectivity index (χ1) is 13.2. The summed E-state index contributed by atoms with van der Waals surface area (Å²) in [6, 6.07) is 3.32. The van der Waals surface area contributed by atoms with Crippen molar-refractivity contribution < 1.29 is 27.5 Å². The Kier molecular flexibility index (Phi) is 5.97. The molecule has 0 saturated carbocycles. The number of carbonyl (C=O) groups excluding carboxylic acids is 2. The fourth-order valence-electron chi connectivity index (χ4n) is 3.15. The van der Waals surface area contributed by atoms with Gasteiger partial charge in [0, 0.05) is 17.8 Å². The van der Waals surface area contributed by atoms with Crippen LogP contribution in [0.1, 0.15) is 20.3 Å². The highest BCUT2D eigenvalue weighted by Crippen LogP contribution is 2.32. The molecular formula is C18H25N3O6S. The predicted molar refractivity (Wildman–Crippen MR) is 103 cm³/mol. The monoisotopic (exact) mass is 411 g/mol. The second-order valence-electron chi connectivity index (χ2n) is 7.29. The summed E-state index contributed by atoms with van der Waals surface area (Å²) in [6.07, 6.45) is 0.380. The molecule has 0 bridgehead atoms. The zero-order valence-electron chi connectivity index (χ0n) is 15.9. The molecule has 10 heteroatoms. The average Bonchev–Trinajstić information content (AvgIpc) is 2.97. The second-order valence-corrected chi connectivity index (χ2v) is 9.52. The van der Waals surface area contributed by atoms with E-state index in [-0.39, 0.29) is 23.3 Å². The molecular weight excluding hydrogens is 386 g/mol. The lowest BCUT2D eigenvalue weighted by molar-refractivity contribution is -0.118. The van der Waals surface area contributed by atoms with Crippen molar-refractivity contribution in [1.29, 1.82) is 0 Å². The molecule has 154 valence electrons. The summed E-state index contributed by atoms with van der Waals surface area (Å²) in [5, 5.41) is 8.05. The Bertz CT molecular complexity index is 855. The van der Waals surface area contributed by atoms with Gasteiger partial charge in [0.05, 0.1) is 11.5 Å². The fraction of sp³-hybridized carbons (Fsp3) is 0.556. The summed E-state index contributed by atoms with van der Waals surface area (Å²) >= 11 is 0. The number of sulfone groups is 1. The molecule has 9 nitrogen and oxygen atoms in total. The number of amides is 3. The first-order valence-corrected chi connectivity index (χ1v) is 11.0. The van der Waals surface area contributed by atoms with E-state index in [2.05, 4.69) is 16.0 Å². The lowest BCUT2D eigenvalue weighted by Crippen LogP contribution is -2.52. The summed E-state index contributed by atoms with van der Waals surface area (Å²) in [6.45, 7) is 4.55. The highest BCUT2D eigenvalue weighted by atomic mass is 32.2. The van der Waals surface area contributed by atoms with Gasteiger partial charge in [-0.05, 0) is 24.5 Å². The van der Waals surface area contributed by atoms with Crippen LogP contribution in [-0.4, -0.2) is 57.2 Å². The molecule has 0 unspecified atom stereocenters. The van der Waals surface area contributed by atoms with Gasteiger partial charge in [-0.1, -0.05) is 13.8 Å². The van der Waals surface area contributed by atoms with Gasteiger partial charge in [-0.2, -0.15) is 0 Å². The van der Waals surface area contributed by atoms with Crippen LogP contribution in [0.3, 0.4) is 0 Å². The molecule has 3 rings (SSSR count). The van der Waals surface area contributed by atoms with Gasteiger partial charge in [0.1, 0.15) is 19.3 Å². The summed E-state index contributed by atoms with van der Waals surface area (Å²) in [5.41, 5.74) is 0.531. The molecule has 1 saturated heterocycles. The Morgan fingerprint density at radius 3 is 2.50 bits per heavy atom. The van der Waals surface area contributed by atoms with Crippen molar-refractivity contribution in [2.75, 3.05) is 30.0 Å². The number of nitrogens with one attached hydrogen (secondary N) is 3. The third kappa shape index (κ3) is 5.06. The van der Waals surface area contributed by atoms with Crippen molar-refractivity contribution in [2.45, 2.75) is 32.4 Å². The van der Waals surface area contributed by atoms with Crippen LogP contribution in [0.4, 0.5) is 10.5 Å². The number of fused-ring (bicyclic) bond motifs is 1. The molecule has 3 amide bonds. The molecule has 1 aromatic rings. The Morgan fingerprint density at radius 1 is 1.14 bits per heavy atom. The van der Waals surface area contributed by atoms with Crippen molar-refractivity contribution in [3.63, 3.8) is 0 Å². The minimum atomic E-state index is -3.09. The molecule has 2 atom stereocenters. The number of carbonyl (C=O) groups is 2. The molecule has 0 spiro atoms. The van der Waals surface area contributed by atoms with Gasteiger partial charge in [-0.15, -0.1) is 0 Å². The zero-order valence-corrected chi connectivity index (χ0v) is 16.7. The number of hydrogen-bond acceptors (Lipinski definition) is 6. The Balaban J connectivity index is 1.60. The quantitative estimate of drug-likeness (QED) is 0.662. The van der Waals surface area contributed by atoms with Gasteiger partial charge in [0.2, 0.25) is 5.91 Å². The van der Waals surface area contributed by atoms with Crippen LogP contribution in [0, 0.1) is 5.92 Å². The number of ether oxygens (including phenoxy) is 2. The van der Waals surface area contributed by atoms with E-state index in [1.165, 1.54) is 0 Å². The number of anilines is 1. The van der Waals surface area contributed by atoms with Crippen LogP contribution < -0.4 is 25.4 Å². The van der Waals surface area contributed by atoms with Gasteiger partial charge in [0.25, 0.3) is 0 Å². The lowest BCUT2D eigenvalue weighted by atomic mass is 10.0. The number of hydrogen-bond donors (Lipinski definition) is 3. The molecule has 2 aliphatic rings. The Labute approximate surface area is 164 Å². The maximum Gasteiger partial charge on any atom is 0.315 e. The van der Waals surface area contributed by atoms with E-state index in [4.69, 9.17) is 9.47 Å². The molecule has 0 aliphatic carbocycles. The van der Waals surface area contributed by atoms with Crippen LogP contribution in [0.5, 0.6) is 11.5 Å². The van der Waals surface area contributed by atoms with Crippen LogP contribution in [0.2, 0.25) is 0 Å². The second kappa shape index (κ2) is 8.26. The first kappa shape index (κ1) is 20.2. The van der Waals surface area contributed by atoms with Crippen LogP contribution in [-0.2, 0) is 14.6 Å². The van der Waals surface area contributed by atoms with E-state index in [9.17, 15) is 18.0 Å². The summed E-state index contributed by atoms with van der Waals surface area (Å²) in [7, 11) is -3.09. The topological polar surface area (TPSA) is 123 Å². The fourth-order valence-corrected chi connectivity index (χ4v) is 4.83. The smallest absolute Gasteiger partial charge is 0.315 e. The molecule has 2 heterocycles. The van der Waals surface area contributed by atoms with Gasteiger partial charge in [0.15, 0.2) is 21.3 Å². The van der Waals surface area contributed by atoms with Crippen LogP contribution in [0.15, 0.2) is 18.2 Å². The van der Waals surface area contributed by atoms with E-state index in [1.807, 2.05) is 13.8 Å². The molecule has 0 aromatic heterocycles. The van der Waals surface area contributed by atoms with E-state index < -0.39 is 28.0 Å². The van der Waals surface area contributed by atoms with Crippen molar-refractivity contribution in [3.05, 3.63) is 18.2 Å². The van der Waals surface area contributed by atoms with Crippen LogP contribution in [0.25, 0.3) is 0 Å². The highest BCUT2D eigenvalue weighted by molar-refractivity contribution is 7.91. The van der Waals surface area contributed by atoms with Crippen molar-refractivity contribution in [2.24, 2.45) is 5.92 Å². The van der Waals surface area contributed by atoms with E-state index in [0.717, 1.165) is 0 Å². The SMILES string of the molecule is CC(C)[C@H](NC(=O)N[C@@H]1CCS(=O)(=O)C1)C(=O)Nc1ccc2c(c1)OCCO2. The molecule has 28 heavy (non-hydrogen) atoms.